The first kappa shape index (κ1) is 29.6. The summed E-state index contributed by atoms with van der Waals surface area (Å²) in [6.45, 7) is 12.2. The highest BCUT2D eigenvalue weighted by Gasteiger charge is 2.35. The number of hydrogen-bond acceptors (Lipinski definition) is 6. The molecule has 0 unspecified atom stereocenters. The minimum absolute atomic E-state index is 0.0255. The molecule has 2 aromatic rings. The van der Waals surface area contributed by atoms with E-state index in [4.69, 9.17) is 4.74 Å². The Bertz CT molecular complexity index is 1340. The third-order valence-corrected chi connectivity index (χ3v) is 8.57. The van der Waals surface area contributed by atoms with E-state index in [1.807, 2.05) is 62.1 Å². The summed E-state index contributed by atoms with van der Waals surface area (Å²) in [4.78, 5) is 47.1. The van der Waals surface area contributed by atoms with Gasteiger partial charge in [0.25, 0.3) is 5.91 Å². The molecule has 0 saturated carbocycles. The van der Waals surface area contributed by atoms with Crippen molar-refractivity contribution in [2.24, 2.45) is 0 Å². The van der Waals surface area contributed by atoms with E-state index in [1.165, 1.54) is 5.56 Å². The lowest BCUT2D eigenvalue weighted by Crippen LogP contribution is -2.60. The summed E-state index contributed by atoms with van der Waals surface area (Å²) in [6.07, 6.45) is 3.22. The monoisotopic (exact) mass is 574 g/mol. The molecule has 2 saturated heterocycles. The van der Waals surface area contributed by atoms with Crippen molar-refractivity contribution in [1.29, 1.82) is 0 Å². The lowest BCUT2D eigenvalue weighted by molar-refractivity contribution is -0.146. The van der Waals surface area contributed by atoms with E-state index in [1.54, 1.807) is 15.9 Å². The van der Waals surface area contributed by atoms with E-state index in [2.05, 4.69) is 22.5 Å². The number of amides is 4. The van der Waals surface area contributed by atoms with E-state index < -0.39 is 6.09 Å². The van der Waals surface area contributed by atoms with E-state index in [9.17, 15) is 14.4 Å². The minimum atomic E-state index is -0.536. The maximum atomic E-state index is 13.5. The summed E-state index contributed by atoms with van der Waals surface area (Å²) in [5, 5.41) is 6.30. The molecule has 0 aliphatic carbocycles. The molecule has 10 heteroatoms. The maximum Gasteiger partial charge on any atom is 0.415 e. The predicted molar refractivity (Wildman–Crippen MR) is 163 cm³/mol. The fourth-order valence-corrected chi connectivity index (χ4v) is 5.79. The smallest absolute Gasteiger partial charge is 0.404 e. The molecule has 3 heterocycles. The van der Waals surface area contributed by atoms with Crippen LogP contribution >= 0.6 is 0 Å². The first-order chi connectivity index (χ1) is 20.2. The largest absolute Gasteiger partial charge is 0.415 e. The average molecular weight is 575 g/mol. The number of carbonyl (C=O) groups excluding carboxylic acids is 3. The van der Waals surface area contributed by atoms with Crippen LogP contribution in [0.5, 0.6) is 0 Å². The van der Waals surface area contributed by atoms with Gasteiger partial charge in [0.2, 0.25) is 0 Å². The Morgan fingerprint density at radius 3 is 2.40 bits per heavy atom. The second-order valence-electron chi connectivity index (χ2n) is 11.5. The zero-order valence-corrected chi connectivity index (χ0v) is 25.1. The Morgan fingerprint density at radius 2 is 1.71 bits per heavy atom. The van der Waals surface area contributed by atoms with Crippen LogP contribution in [0.2, 0.25) is 0 Å². The van der Waals surface area contributed by atoms with Crippen LogP contribution in [0.1, 0.15) is 47.6 Å². The molecular weight excluding hydrogens is 532 g/mol. The van der Waals surface area contributed by atoms with Gasteiger partial charge >= 0.3 is 12.1 Å². The first-order valence-corrected chi connectivity index (χ1v) is 14.9. The van der Waals surface area contributed by atoms with Crippen molar-refractivity contribution in [3.8, 4) is 0 Å². The molecule has 0 aromatic heterocycles. The first-order valence-electron chi connectivity index (χ1n) is 14.9. The van der Waals surface area contributed by atoms with Gasteiger partial charge in [-0.1, -0.05) is 37.3 Å². The second-order valence-corrected chi connectivity index (χ2v) is 11.5. The van der Waals surface area contributed by atoms with Crippen LogP contribution in [-0.2, 0) is 16.0 Å². The van der Waals surface area contributed by atoms with Gasteiger partial charge in [0.15, 0.2) is 5.76 Å². The van der Waals surface area contributed by atoms with Gasteiger partial charge in [-0.05, 0) is 86.5 Å². The van der Waals surface area contributed by atoms with Gasteiger partial charge in [0, 0.05) is 31.4 Å². The number of rotatable bonds is 7. The number of carbonyl (C=O) groups is 3. The number of piperidine rings is 1. The molecular formula is C32H42N6O4. The normalized spacial score (nSPS) is 18.2. The summed E-state index contributed by atoms with van der Waals surface area (Å²) in [6, 6.07) is 11.8. The van der Waals surface area contributed by atoms with Crippen LogP contribution in [0, 0.1) is 20.8 Å². The van der Waals surface area contributed by atoms with Crippen LogP contribution in [0.15, 0.2) is 42.2 Å². The third-order valence-electron chi connectivity index (χ3n) is 8.57. The standard InChI is InChI=1S/C32H42N6O4/c1-5-33-19-35-20-37(21-35)30(39)29(18-25-16-22(2)24(4)23(3)17-25)42-32(41)36-13-11-27(12-14-36)38-15-10-26-8-6-7-9-28(26)34-31(38)40/h6-9,16-18,27,33H,5,10-15,19-21H2,1-4H3,(H,34,40). The summed E-state index contributed by atoms with van der Waals surface area (Å²) in [7, 11) is 0. The van der Waals surface area contributed by atoms with E-state index in [-0.39, 0.29) is 23.7 Å². The molecule has 10 nitrogen and oxygen atoms in total. The molecule has 2 fully saturated rings. The number of benzene rings is 2. The second kappa shape index (κ2) is 13.0. The number of likely N-dealkylation sites (tertiary alicyclic amines) is 1. The number of urea groups is 1. The zero-order valence-electron chi connectivity index (χ0n) is 25.1. The Hall–Kier alpha value is -3.89. The molecule has 2 N–H and O–H groups in total. The number of nitrogens with one attached hydrogen (secondary N) is 2. The molecule has 0 radical (unpaired) electrons. The predicted octanol–water partition coefficient (Wildman–Crippen LogP) is 4.27. The number of anilines is 1. The van der Waals surface area contributed by atoms with Gasteiger partial charge in [0.05, 0.1) is 20.0 Å². The van der Waals surface area contributed by atoms with Crippen molar-refractivity contribution in [2.75, 3.05) is 51.5 Å². The molecule has 224 valence electrons. The zero-order chi connectivity index (χ0) is 29.8. The molecule has 3 aliphatic rings. The molecule has 0 bridgehead atoms. The highest BCUT2D eigenvalue weighted by molar-refractivity contribution is 5.98. The van der Waals surface area contributed by atoms with Crippen molar-refractivity contribution in [2.45, 2.75) is 53.0 Å². The Balaban J connectivity index is 1.24. The van der Waals surface area contributed by atoms with E-state index >= 15 is 0 Å². The highest BCUT2D eigenvalue weighted by Crippen LogP contribution is 2.26. The molecule has 42 heavy (non-hydrogen) atoms. The number of fused-ring (bicyclic) bond motifs is 1. The lowest BCUT2D eigenvalue weighted by Gasteiger charge is -2.42. The maximum absolute atomic E-state index is 13.5. The molecule has 0 atom stereocenters. The van der Waals surface area contributed by atoms with Gasteiger partial charge in [-0.3, -0.25) is 9.69 Å². The molecule has 5 rings (SSSR count). The summed E-state index contributed by atoms with van der Waals surface area (Å²) in [5.41, 5.74) is 6.24. The van der Waals surface area contributed by atoms with Crippen LogP contribution in [0.3, 0.4) is 0 Å². The number of nitrogens with zero attached hydrogens (tertiary/aromatic N) is 4. The lowest BCUT2D eigenvalue weighted by atomic mass is 10.00. The molecule has 3 aliphatic heterocycles. The minimum Gasteiger partial charge on any atom is -0.404 e. The molecule has 0 spiro atoms. The number of para-hydroxylation sites is 1. The van der Waals surface area contributed by atoms with E-state index in [0.29, 0.717) is 52.5 Å². The van der Waals surface area contributed by atoms with Gasteiger partial charge in [-0.25, -0.2) is 9.59 Å². The average Bonchev–Trinajstić information content (AvgIpc) is 3.12. The molecule has 2 aromatic carbocycles. The van der Waals surface area contributed by atoms with Crippen LogP contribution < -0.4 is 10.6 Å². The van der Waals surface area contributed by atoms with Crippen LogP contribution in [0.4, 0.5) is 15.3 Å². The molecule has 4 amide bonds. The van der Waals surface area contributed by atoms with Crippen molar-refractivity contribution in [3.05, 3.63) is 70.0 Å². The Kier molecular flexibility index (Phi) is 9.13. The van der Waals surface area contributed by atoms with Crippen molar-refractivity contribution >= 4 is 29.8 Å². The summed E-state index contributed by atoms with van der Waals surface area (Å²) >= 11 is 0. The van der Waals surface area contributed by atoms with Gasteiger partial charge in [-0.2, -0.15) is 0 Å². The fourth-order valence-electron chi connectivity index (χ4n) is 5.79. The number of ether oxygens (including phenoxy) is 1. The van der Waals surface area contributed by atoms with Gasteiger partial charge in [-0.15, -0.1) is 0 Å². The van der Waals surface area contributed by atoms with Crippen LogP contribution in [0.25, 0.3) is 6.08 Å². The van der Waals surface area contributed by atoms with Crippen molar-refractivity contribution in [1.82, 2.24) is 24.9 Å². The van der Waals surface area contributed by atoms with Gasteiger partial charge in [0.1, 0.15) is 0 Å². The SMILES string of the molecule is CCNCN1CN(C(=O)C(=Cc2cc(C)c(C)c(C)c2)OC(=O)N2CCC(N3CCc4ccccc4NC3=O)CC2)C1. The quantitative estimate of drug-likeness (QED) is 0.379. The summed E-state index contributed by atoms with van der Waals surface area (Å²) < 4.78 is 5.83. The Labute approximate surface area is 248 Å². The van der Waals surface area contributed by atoms with Crippen molar-refractivity contribution in [3.63, 3.8) is 0 Å². The topological polar surface area (TPSA) is 97.5 Å². The highest BCUT2D eigenvalue weighted by atomic mass is 16.6. The fraction of sp³-hybridized carbons (Fsp3) is 0.469. The van der Waals surface area contributed by atoms with Crippen LogP contribution in [-0.4, -0.2) is 89.9 Å². The van der Waals surface area contributed by atoms with E-state index in [0.717, 1.165) is 40.9 Å². The Morgan fingerprint density at radius 1 is 1.02 bits per heavy atom. The third kappa shape index (κ3) is 6.60. The van der Waals surface area contributed by atoms with Gasteiger partial charge < -0.3 is 30.1 Å². The van der Waals surface area contributed by atoms with Crippen molar-refractivity contribution < 1.29 is 19.1 Å². The number of hydrogen-bond donors (Lipinski definition) is 2. The number of aryl methyl sites for hydroxylation is 2. The summed E-state index contributed by atoms with van der Waals surface area (Å²) in [5.74, 6) is -0.278.